The zero-order valence-electron chi connectivity index (χ0n) is 19.2. The largest absolute Gasteiger partial charge is 0.444 e. The maximum absolute atomic E-state index is 12.6. The standard InChI is InChI=1S/C22H34ClN3O5/c1-15(2)13-18(25-20(28)31-22(3,4)5)19(27)24-11-12-26(6)21(29)30-17-9-7-16(14-23)8-10-17/h7-10,15,18H,11-14H2,1-6H3,(H,24,27)(H,25,28)/t18-/m0/s1. The minimum atomic E-state index is -0.729. The van der Waals surface area contributed by atoms with Gasteiger partial charge >= 0.3 is 12.2 Å². The molecule has 0 aliphatic carbocycles. The van der Waals surface area contributed by atoms with E-state index in [-0.39, 0.29) is 24.9 Å². The van der Waals surface area contributed by atoms with E-state index in [1.807, 2.05) is 13.8 Å². The number of rotatable bonds is 9. The Balaban J connectivity index is 2.52. The van der Waals surface area contributed by atoms with Gasteiger partial charge in [-0.3, -0.25) is 4.79 Å². The molecule has 1 aromatic carbocycles. The fourth-order valence-electron chi connectivity index (χ4n) is 2.54. The molecule has 31 heavy (non-hydrogen) atoms. The summed E-state index contributed by atoms with van der Waals surface area (Å²) in [6.45, 7) is 9.63. The van der Waals surface area contributed by atoms with Crippen LogP contribution in [0.4, 0.5) is 9.59 Å². The van der Waals surface area contributed by atoms with E-state index in [2.05, 4.69) is 10.6 Å². The van der Waals surface area contributed by atoms with E-state index in [0.717, 1.165) is 5.56 Å². The number of nitrogens with one attached hydrogen (secondary N) is 2. The number of amides is 3. The van der Waals surface area contributed by atoms with Crippen molar-refractivity contribution in [3.05, 3.63) is 29.8 Å². The second-order valence-electron chi connectivity index (χ2n) is 8.69. The van der Waals surface area contributed by atoms with Crippen LogP contribution in [0.3, 0.4) is 0 Å². The Morgan fingerprint density at radius 2 is 1.74 bits per heavy atom. The van der Waals surface area contributed by atoms with Gasteiger partial charge in [-0.15, -0.1) is 11.6 Å². The summed E-state index contributed by atoms with van der Waals surface area (Å²) in [4.78, 5) is 38.2. The summed E-state index contributed by atoms with van der Waals surface area (Å²) in [5.74, 6) is 0.647. The Kier molecular flexibility index (Phi) is 10.6. The van der Waals surface area contributed by atoms with E-state index in [1.54, 1.807) is 52.1 Å². The summed E-state index contributed by atoms with van der Waals surface area (Å²) >= 11 is 5.74. The Labute approximate surface area is 189 Å². The van der Waals surface area contributed by atoms with Crippen LogP contribution in [0, 0.1) is 5.92 Å². The monoisotopic (exact) mass is 455 g/mol. The summed E-state index contributed by atoms with van der Waals surface area (Å²) in [5.41, 5.74) is 0.268. The van der Waals surface area contributed by atoms with Gasteiger partial charge in [0.2, 0.25) is 5.91 Å². The van der Waals surface area contributed by atoms with Crippen molar-refractivity contribution in [1.82, 2.24) is 15.5 Å². The fourth-order valence-corrected chi connectivity index (χ4v) is 2.72. The Morgan fingerprint density at radius 3 is 2.26 bits per heavy atom. The number of halogens is 1. The molecular formula is C22H34ClN3O5. The molecule has 9 heteroatoms. The normalized spacial score (nSPS) is 12.1. The number of likely N-dealkylation sites (N-methyl/N-ethyl adjacent to an activating group) is 1. The predicted octanol–water partition coefficient (Wildman–Crippen LogP) is 3.91. The molecule has 0 aliphatic rings. The highest BCUT2D eigenvalue weighted by molar-refractivity contribution is 6.17. The second-order valence-corrected chi connectivity index (χ2v) is 8.95. The molecule has 3 amide bonds. The molecule has 0 radical (unpaired) electrons. The first-order chi connectivity index (χ1) is 14.4. The number of ether oxygens (including phenoxy) is 2. The third kappa shape index (κ3) is 10.9. The molecule has 174 valence electrons. The molecule has 0 bridgehead atoms. The van der Waals surface area contributed by atoms with E-state index in [4.69, 9.17) is 21.1 Å². The molecule has 0 heterocycles. The average molecular weight is 456 g/mol. The SMILES string of the molecule is CC(C)C[C@H](NC(=O)OC(C)(C)C)C(=O)NCCN(C)C(=O)Oc1ccc(CCl)cc1. The van der Waals surface area contributed by atoms with Gasteiger partial charge in [-0.1, -0.05) is 26.0 Å². The zero-order chi connectivity index (χ0) is 23.6. The molecule has 0 spiro atoms. The van der Waals surface area contributed by atoms with Gasteiger partial charge in [-0.25, -0.2) is 9.59 Å². The van der Waals surface area contributed by atoms with Gasteiger partial charge in [-0.2, -0.15) is 0 Å². The zero-order valence-corrected chi connectivity index (χ0v) is 19.9. The quantitative estimate of drug-likeness (QED) is 0.550. The minimum Gasteiger partial charge on any atom is -0.444 e. The van der Waals surface area contributed by atoms with Crippen molar-refractivity contribution in [2.45, 2.75) is 58.6 Å². The van der Waals surface area contributed by atoms with Crippen molar-refractivity contribution >= 4 is 29.7 Å². The summed E-state index contributed by atoms with van der Waals surface area (Å²) in [6, 6.07) is 6.17. The predicted molar refractivity (Wildman–Crippen MR) is 120 cm³/mol. The van der Waals surface area contributed by atoms with Gasteiger partial charge < -0.3 is 25.0 Å². The molecule has 1 rings (SSSR count). The smallest absolute Gasteiger partial charge is 0.415 e. The lowest BCUT2D eigenvalue weighted by Crippen LogP contribution is -2.50. The lowest BCUT2D eigenvalue weighted by Gasteiger charge is -2.24. The molecule has 0 fully saturated rings. The number of alkyl halides is 1. The third-order valence-electron chi connectivity index (χ3n) is 4.06. The van der Waals surface area contributed by atoms with Gasteiger partial charge in [-0.05, 0) is 50.8 Å². The van der Waals surface area contributed by atoms with Crippen molar-refractivity contribution in [2.24, 2.45) is 5.92 Å². The van der Waals surface area contributed by atoms with Crippen LogP contribution in [0.2, 0.25) is 0 Å². The van der Waals surface area contributed by atoms with Crippen molar-refractivity contribution in [3.8, 4) is 5.75 Å². The number of alkyl carbamates (subject to hydrolysis) is 1. The highest BCUT2D eigenvalue weighted by Gasteiger charge is 2.25. The van der Waals surface area contributed by atoms with Crippen molar-refractivity contribution in [2.75, 3.05) is 20.1 Å². The highest BCUT2D eigenvalue weighted by Crippen LogP contribution is 2.14. The molecule has 0 aromatic heterocycles. The van der Waals surface area contributed by atoms with Crippen LogP contribution in [-0.2, 0) is 15.4 Å². The van der Waals surface area contributed by atoms with Crippen LogP contribution in [-0.4, -0.2) is 54.8 Å². The first-order valence-corrected chi connectivity index (χ1v) is 10.8. The van der Waals surface area contributed by atoms with E-state index in [1.165, 1.54) is 4.90 Å². The summed E-state index contributed by atoms with van der Waals surface area (Å²) < 4.78 is 10.5. The molecule has 2 N–H and O–H groups in total. The highest BCUT2D eigenvalue weighted by atomic mass is 35.5. The molecule has 0 unspecified atom stereocenters. The molecule has 1 aromatic rings. The number of carbonyl (C=O) groups is 3. The minimum absolute atomic E-state index is 0.188. The molecule has 0 saturated heterocycles. The topological polar surface area (TPSA) is 97.0 Å². The van der Waals surface area contributed by atoms with Gasteiger partial charge in [0, 0.05) is 26.0 Å². The van der Waals surface area contributed by atoms with Crippen molar-refractivity contribution in [3.63, 3.8) is 0 Å². The lowest BCUT2D eigenvalue weighted by atomic mass is 10.0. The van der Waals surface area contributed by atoms with Crippen molar-refractivity contribution in [1.29, 1.82) is 0 Å². The number of hydrogen-bond donors (Lipinski definition) is 2. The first kappa shape index (κ1) is 26.6. The van der Waals surface area contributed by atoms with Gasteiger partial charge in [0.1, 0.15) is 17.4 Å². The number of carbonyl (C=O) groups excluding carboxylic acids is 3. The van der Waals surface area contributed by atoms with Gasteiger partial charge in [0.15, 0.2) is 0 Å². The second kappa shape index (κ2) is 12.4. The van der Waals surface area contributed by atoms with E-state index >= 15 is 0 Å². The number of nitrogens with zero attached hydrogens (tertiary/aromatic N) is 1. The third-order valence-corrected chi connectivity index (χ3v) is 4.36. The number of hydrogen-bond acceptors (Lipinski definition) is 5. The molecule has 0 saturated carbocycles. The number of benzene rings is 1. The van der Waals surface area contributed by atoms with E-state index in [0.29, 0.717) is 18.1 Å². The maximum Gasteiger partial charge on any atom is 0.415 e. The Bertz CT molecular complexity index is 732. The van der Waals surface area contributed by atoms with Crippen molar-refractivity contribution < 1.29 is 23.9 Å². The maximum atomic E-state index is 12.6. The van der Waals surface area contributed by atoms with Crippen LogP contribution in [0.25, 0.3) is 0 Å². The van der Waals surface area contributed by atoms with Gasteiger partial charge in [0.05, 0.1) is 0 Å². The molecule has 0 aliphatic heterocycles. The average Bonchev–Trinajstić information content (AvgIpc) is 2.66. The summed E-state index contributed by atoms with van der Waals surface area (Å²) in [5, 5.41) is 5.37. The van der Waals surface area contributed by atoms with Crippen LogP contribution < -0.4 is 15.4 Å². The van der Waals surface area contributed by atoms with Crippen LogP contribution in [0.1, 0.15) is 46.6 Å². The van der Waals surface area contributed by atoms with Gasteiger partial charge in [0.25, 0.3) is 0 Å². The summed E-state index contributed by atoms with van der Waals surface area (Å²) in [6.07, 6.45) is -0.728. The first-order valence-electron chi connectivity index (χ1n) is 10.3. The van der Waals surface area contributed by atoms with Crippen LogP contribution >= 0.6 is 11.6 Å². The summed E-state index contributed by atoms with van der Waals surface area (Å²) in [7, 11) is 1.58. The fraction of sp³-hybridized carbons (Fsp3) is 0.591. The molecule has 8 nitrogen and oxygen atoms in total. The van der Waals surface area contributed by atoms with Crippen LogP contribution in [0.5, 0.6) is 5.75 Å². The van der Waals surface area contributed by atoms with E-state index < -0.39 is 23.8 Å². The Morgan fingerprint density at radius 1 is 1.13 bits per heavy atom. The molecular weight excluding hydrogens is 422 g/mol. The van der Waals surface area contributed by atoms with E-state index in [9.17, 15) is 14.4 Å². The Hall–Kier alpha value is -2.48. The van der Waals surface area contributed by atoms with Crippen LogP contribution in [0.15, 0.2) is 24.3 Å². The lowest BCUT2D eigenvalue weighted by molar-refractivity contribution is -0.123. The molecule has 1 atom stereocenters.